The van der Waals surface area contributed by atoms with Gasteiger partial charge in [-0.25, -0.2) is 4.79 Å². The van der Waals surface area contributed by atoms with Crippen molar-refractivity contribution in [2.24, 2.45) is 5.73 Å². The SMILES string of the molecule is Cc1cc(CCN)cc(NC(=O)OC(C)(C)C)c1. The van der Waals surface area contributed by atoms with Gasteiger partial charge in [-0.2, -0.15) is 0 Å². The predicted octanol–water partition coefficient (Wildman–Crippen LogP) is 2.84. The molecule has 0 bridgehead atoms. The van der Waals surface area contributed by atoms with E-state index in [2.05, 4.69) is 11.4 Å². The van der Waals surface area contributed by atoms with Crippen molar-refractivity contribution in [1.82, 2.24) is 0 Å². The molecule has 4 nitrogen and oxygen atoms in total. The maximum atomic E-state index is 11.7. The molecule has 0 heterocycles. The first-order chi connectivity index (χ1) is 8.30. The Morgan fingerprint density at radius 1 is 1.33 bits per heavy atom. The van der Waals surface area contributed by atoms with E-state index in [0.29, 0.717) is 6.54 Å². The van der Waals surface area contributed by atoms with Crippen LogP contribution in [0.4, 0.5) is 10.5 Å². The summed E-state index contributed by atoms with van der Waals surface area (Å²) in [6.07, 6.45) is 0.358. The van der Waals surface area contributed by atoms with Gasteiger partial charge in [0.15, 0.2) is 0 Å². The molecule has 1 amide bonds. The van der Waals surface area contributed by atoms with Crippen LogP contribution >= 0.6 is 0 Å². The molecule has 4 heteroatoms. The fourth-order valence-electron chi connectivity index (χ4n) is 1.67. The van der Waals surface area contributed by atoms with Crippen LogP contribution in [-0.2, 0) is 11.2 Å². The number of nitrogens with two attached hydrogens (primary N) is 1. The topological polar surface area (TPSA) is 64.3 Å². The van der Waals surface area contributed by atoms with Crippen LogP contribution in [0.2, 0.25) is 0 Å². The molecule has 0 fully saturated rings. The highest BCUT2D eigenvalue weighted by Crippen LogP contribution is 2.16. The van der Waals surface area contributed by atoms with Gasteiger partial charge in [-0.3, -0.25) is 5.32 Å². The van der Waals surface area contributed by atoms with Crippen LogP contribution < -0.4 is 11.1 Å². The minimum absolute atomic E-state index is 0.438. The van der Waals surface area contributed by atoms with Gasteiger partial charge in [0.05, 0.1) is 0 Å². The minimum Gasteiger partial charge on any atom is -0.444 e. The van der Waals surface area contributed by atoms with Crippen molar-refractivity contribution in [1.29, 1.82) is 0 Å². The molecule has 0 radical (unpaired) electrons. The Bertz CT molecular complexity index is 422. The van der Waals surface area contributed by atoms with Crippen LogP contribution in [0, 0.1) is 6.92 Å². The monoisotopic (exact) mass is 250 g/mol. The first-order valence-corrected chi connectivity index (χ1v) is 6.11. The molecular formula is C14H22N2O2. The Morgan fingerprint density at radius 2 is 2.00 bits per heavy atom. The van der Waals surface area contributed by atoms with Crippen molar-refractivity contribution in [2.45, 2.75) is 39.7 Å². The Labute approximate surface area is 109 Å². The summed E-state index contributed by atoms with van der Waals surface area (Å²) in [5.74, 6) is 0. The smallest absolute Gasteiger partial charge is 0.412 e. The Hall–Kier alpha value is -1.55. The van der Waals surface area contributed by atoms with Gasteiger partial charge in [-0.05, 0) is 63.9 Å². The molecule has 0 aliphatic heterocycles. The summed E-state index contributed by atoms with van der Waals surface area (Å²) in [6, 6.07) is 5.89. The third-order valence-corrected chi connectivity index (χ3v) is 2.22. The summed E-state index contributed by atoms with van der Waals surface area (Å²) in [5, 5.41) is 2.74. The van der Waals surface area contributed by atoms with E-state index in [4.69, 9.17) is 10.5 Å². The van der Waals surface area contributed by atoms with E-state index in [-0.39, 0.29) is 0 Å². The summed E-state index contributed by atoms with van der Waals surface area (Å²) in [7, 11) is 0. The second kappa shape index (κ2) is 5.87. The molecule has 1 aromatic rings. The standard InChI is InChI=1S/C14H22N2O2/c1-10-7-11(5-6-15)9-12(8-10)16-13(17)18-14(2,3)4/h7-9H,5-6,15H2,1-4H3,(H,16,17). The molecule has 0 saturated heterocycles. The van der Waals surface area contributed by atoms with Crippen LogP contribution in [0.25, 0.3) is 0 Å². The maximum Gasteiger partial charge on any atom is 0.412 e. The van der Waals surface area contributed by atoms with Gasteiger partial charge < -0.3 is 10.5 Å². The minimum atomic E-state index is -0.492. The highest BCUT2D eigenvalue weighted by Gasteiger charge is 2.16. The van der Waals surface area contributed by atoms with E-state index < -0.39 is 11.7 Å². The van der Waals surface area contributed by atoms with E-state index in [1.807, 2.05) is 39.8 Å². The number of rotatable bonds is 3. The van der Waals surface area contributed by atoms with Crippen molar-refractivity contribution in [3.8, 4) is 0 Å². The molecule has 0 saturated carbocycles. The van der Waals surface area contributed by atoms with Crippen molar-refractivity contribution < 1.29 is 9.53 Å². The first-order valence-electron chi connectivity index (χ1n) is 6.11. The molecule has 0 unspecified atom stereocenters. The highest BCUT2D eigenvalue weighted by atomic mass is 16.6. The normalized spacial score (nSPS) is 11.2. The summed E-state index contributed by atoms with van der Waals surface area (Å²) in [5.41, 5.74) is 7.99. The summed E-state index contributed by atoms with van der Waals surface area (Å²) in [6.45, 7) is 8.09. The van der Waals surface area contributed by atoms with Crippen LogP contribution in [0.1, 0.15) is 31.9 Å². The quantitative estimate of drug-likeness (QED) is 0.867. The Kier molecular flexibility index (Phi) is 4.73. The molecule has 0 aliphatic rings. The van der Waals surface area contributed by atoms with Gasteiger partial charge in [0.2, 0.25) is 0 Å². The molecule has 0 aromatic heterocycles. The molecule has 0 atom stereocenters. The van der Waals surface area contributed by atoms with Crippen molar-refractivity contribution in [2.75, 3.05) is 11.9 Å². The molecular weight excluding hydrogens is 228 g/mol. The Balaban J connectivity index is 2.75. The number of aryl methyl sites for hydroxylation is 1. The van der Waals surface area contributed by atoms with Crippen LogP contribution in [0.15, 0.2) is 18.2 Å². The van der Waals surface area contributed by atoms with E-state index in [1.165, 1.54) is 0 Å². The number of carbonyl (C=O) groups is 1. The fraction of sp³-hybridized carbons (Fsp3) is 0.500. The van der Waals surface area contributed by atoms with E-state index in [1.54, 1.807) is 0 Å². The number of hydrogen-bond acceptors (Lipinski definition) is 3. The lowest BCUT2D eigenvalue weighted by atomic mass is 10.1. The van der Waals surface area contributed by atoms with Gasteiger partial charge in [0, 0.05) is 5.69 Å². The van der Waals surface area contributed by atoms with Crippen molar-refractivity contribution in [3.63, 3.8) is 0 Å². The van der Waals surface area contributed by atoms with E-state index >= 15 is 0 Å². The van der Waals surface area contributed by atoms with Crippen molar-refractivity contribution in [3.05, 3.63) is 29.3 Å². The summed E-state index contributed by atoms with van der Waals surface area (Å²) < 4.78 is 5.21. The number of anilines is 1. The maximum absolute atomic E-state index is 11.7. The summed E-state index contributed by atoms with van der Waals surface area (Å²) in [4.78, 5) is 11.7. The largest absolute Gasteiger partial charge is 0.444 e. The zero-order valence-corrected chi connectivity index (χ0v) is 11.5. The molecule has 1 aromatic carbocycles. The van der Waals surface area contributed by atoms with Crippen molar-refractivity contribution >= 4 is 11.8 Å². The molecule has 0 aliphatic carbocycles. The lowest BCUT2D eigenvalue weighted by Crippen LogP contribution is -2.27. The zero-order chi connectivity index (χ0) is 13.8. The van der Waals surface area contributed by atoms with Crippen LogP contribution in [0.3, 0.4) is 0 Å². The second-order valence-electron chi connectivity index (χ2n) is 5.37. The number of benzene rings is 1. The van der Waals surface area contributed by atoms with Gasteiger partial charge in [-0.1, -0.05) is 6.07 Å². The van der Waals surface area contributed by atoms with E-state index in [0.717, 1.165) is 23.2 Å². The number of carbonyl (C=O) groups excluding carboxylic acids is 1. The highest BCUT2D eigenvalue weighted by molar-refractivity contribution is 5.85. The van der Waals surface area contributed by atoms with Crippen LogP contribution in [0.5, 0.6) is 0 Å². The van der Waals surface area contributed by atoms with Gasteiger partial charge in [-0.15, -0.1) is 0 Å². The average molecular weight is 250 g/mol. The van der Waals surface area contributed by atoms with E-state index in [9.17, 15) is 4.79 Å². The fourth-order valence-corrected chi connectivity index (χ4v) is 1.67. The number of ether oxygens (including phenoxy) is 1. The summed E-state index contributed by atoms with van der Waals surface area (Å²) >= 11 is 0. The predicted molar refractivity (Wildman–Crippen MR) is 73.8 cm³/mol. The number of hydrogen-bond donors (Lipinski definition) is 2. The van der Waals surface area contributed by atoms with Gasteiger partial charge >= 0.3 is 6.09 Å². The lowest BCUT2D eigenvalue weighted by molar-refractivity contribution is 0.0636. The van der Waals surface area contributed by atoms with Crippen LogP contribution in [-0.4, -0.2) is 18.2 Å². The number of nitrogens with one attached hydrogen (secondary N) is 1. The first kappa shape index (κ1) is 14.5. The molecule has 18 heavy (non-hydrogen) atoms. The third-order valence-electron chi connectivity index (χ3n) is 2.22. The number of amides is 1. The zero-order valence-electron chi connectivity index (χ0n) is 11.5. The molecule has 0 spiro atoms. The van der Waals surface area contributed by atoms with Gasteiger partial charge in [0.1, 0.15) is 5.60 Å². The second-order valence-corrected chi connectivity index (χ2v) is 5.37. The lowest BCUT2D eigenvalue weighted by Gasteiger charge is -2.20. The third kappa shape index (κ3) is 5.19. The van der Waals surface area contributed by atoms with Gasteiger partial charge in [0.25, 0.3) is 0 Å². The average Bonchev–Trinajstić information content (AvgIpc) is 2.12. The Morgan fingerprint density at radius 3 is 2.56 bits per heavy atom. The molecule has 1 rings (SSSR count). The molecule has 3 N–H and O–H groups in total. The molecule has 100 valence electrons.